The normalized spacial score (nSPS) is 14.1. The summed E-state index contributed by atoms with van der Waals surface area (Å²) >= 11 is 3.20. The largest absolute Gasteiger partial charge is 0.390 e. The van der Waals surface area contributed by atoms with Crippen molar-refractivity contribution >= 4 is 15.9 Å². The average Bonchev–Trinajstić information content (AvgIpc) is 2.24. The molecule has 1 rings (SSSR count). The van der Waals surface area contributed by atoms with E-state index < -0.39 is 12.2 Å². The van der Waals surface area contributed by atoms with Crippen molar-refractivity contribution in [2.75, 3.05) is 6.54 Å². The standard InChI is InChI=1S/C8H9BrN4O2/c9-6-1-5(2-11-3-6)8(15)7(14)4-12-13-10/h1-3,7-8,14-15H,4H2. The Morgan fingerprint density at radius 2 is 2.27 bits per heavy atom. The highest BCUT2D eigenvalue weighted by Crippen LogP contribution is 2.19. The lowest BCUT2D eigenvalue weighted by atomic mass is 10.1. The van der Waals surface area contributed by atoms with E-state index in [1.807, 2.05) is 0 Å². The van der Waals surface area contributed by atoms with E-state index in [2.05, 4.69) is 30.9 Å². The zero-order valence-electron chi connectivity index (χ0n) is 7.66. The molecule has 2 atom stereocenters. The Morgan fingerprint density at radius 1 is 1.53 bits per heavy atom. The van der Waals surface area contributed by atoms with E-state index in [0.29, 0.717) is 10.0 Å². The van der Waals surface area contributed by atoms with Crippen molar-refractivity contribution in [2.24, 2.45) is 5.11 Å². The first kappa shape index (κ1) is 11.9. The van der Waals surface area contributed by atoms with Gasteiger partial charge < -0.3 is 10.2 Å². The molecule has 1 aromatic heterocycles. The van der Waals surface area contributed by atoms with Gasteiger partial charge >= 0.3 is 0 Å². The highest BCUT2D eigenvalue weighted by Gasteiger charge is 2.17. The van der Waals surface area contributed by atoms with Crippen LogP contribution in [0, 0.1) is 0 Å². The molecule has 0 aliphatic rings. The Hall–Kier alpha value is -1.14. The van der Waals surface area contributed by atoms with Gasteiger partial charge in [-0.25, -0.2) is 0 Å². The van der Waals surface area contributed by atoms with Crippen molar-refractivity contribution < 1.29 is 10.2 Å². The molecule has 1 heterocycles. The summed E-state index contributed by atoms with van der Waals surface area (Å²) in [6, 6.07) is 1.64. The van der Waals surface area contributed by atoms with Crippen LogP contribution in [0.3, 0.4) is 0 Å². The number of nitrogens with zero attached hydrogens (tertiary/aromatic N) is 4. The SMILES string of the molecule is [N-]=[N+]=NCC(O)C(O)c1cncc(Br)c1. The highest BCUT2D eigenvalue weighted by molar-refractivity contribution is 9.10. The molecule has 0 bridgehead atoms. The van der Waals surface area contributed by atoms with E-state index in [1.165, 1.54) is 6.20 Å². The molecule has 0 radical (unpaired) electrons. The van der Waals surface area contributed by atoms with E-state index >= 15 is 0 Å². The molecule has 2 unspecified atom stereocenters. The molecular formula is C8H9BrN4O2. The summed E-state index contributed by atoms with van der Waals surface area (Å²) in [5.41, 5.74) is 8.52. The van der Waals surface area contributed by atoms with E-state index in [9.17, 15) is 10.2 Å². The van der Waals surface area contributed by atoms with E-state index in [1.54, 1.807) is 12.3 Å². The summed E-state index contributed by atoms with van der Waals surface area (Å²) in [4.78, 5) is 6.34. The van der Waals surface area contributed by atoms with Gasteiger partial charge in [-0.1, -0.05) is 5.11 Å². The molecule has 0 aliphatic heterocycles. The molecule has 0 aromatic carbocycles. The molecule has 6 nitrogen and oxygen atoms in total. The Labute approximate surface area is 94.3 Å². The average molecular weight is 273 g/mol. The number of hydrogen-bond donors (Lipinski definition) is 2. The van der Waals surface area contributed by atoms with E-state index in [-0.39, 0.29) is 6.54 Å². The van der Waals surface area contributed by atoms with Gasteiger partial charge in [0.25, 0.3) is 0 Å². The molecular weight excluding hydrogens is 264 g/mol. The molecule has 0 saturated heterocycles. The van der Waals surface area contributed by atoms with Gasteiger partial charge in [-0.3, -0.25) is 4.98 Å². The highest BCUT2D eigenvalue weighted by atomic mass is 79.9. The number of aromatic nitrogens is 1. The third-order valence-corrected chi connectivity index (χ3v) is 2.20. The van der Waals surface area contributed by atoms with Gasteiger partial charge in [-0.2, -0.15) is 0 Å². The minimum atomic E-state index is -1.13. The van der Waals surface area contributed by atoms with Crippen LogP contribution in [0.2, 0.25) is 0 Å². The van der Waals surface area contributed by atoms with Crippen molar-refractivity contribution in [1.82, 2.24) is 4.98 Å². The third kappa shape index (κ3) is 3.49. The fraction of sp³-hybridized carbons (Fsp3) is 0.375. The maximum atomic E-state index is 9.65. The lowest BCUT2D eigenvalue weighted by Gasteiger charge is -2.15. The van der Waals surface area contributed by atoms with Crippen LogP contribution in [0.1, 0.15) is 11.7 Å². The number of pyridine rings is 1. The van der Waals surface area contributed by atoms with Gasteiger partial charge in [0.15, 0.2) is 0 Å². The smallest absolute Gasteiger partial charge is 0.106 e. The number of halogens is 1. The molecule has 2 N–H and O–H groups in total. The minimum Gasteiger partial charge on any atom is -0.390 e. The van der Waals surface area contributed by atoms with Crippen LogP contribution in [-0.2, 0) is 0 Å². The topological polar surface area (TPSA) is 102 Å². The quantitative estimate of drug-likeness (QED) is 0.494. The predicted molar refractivity (Wildman–Crippen MR) is 56.9 cm³/mol. The summed E-state index contributed by atoms with van der Waals surface area (Å²) in [5, 5.41) is 22.3. The van der Waals surface area contributed by atoms with Gasteiger partial charge in [0.1, 0.15) is 6.10 Å². The minimum absolute atomic E-state index is 0.176. The van der Waals surface area contributed by atoms with Crippen molar-refractivity contribution in [3.05, 3.63) is 38.9 Å². The van der Waals surface area contributed by atoms with Crippen LogP contribution < -0.4 is 0 Å². The Kier molecular flexibility index (Phi) is 4.51. The second kappa shape index (κ2) is 5.67. The maximum absolute atomic E-state index is 9.65. The lowest BCUT2D eigenvalue weighted by Crippen LogP contribution is -2.21. The van der Waals surface area contributed by atoms with E-state index in [0.717, 1.165) is 0 Å². The second-order valence-electron chi connectivity index (χ2n) is 2.86. The van der Waals surface area contributed by atoms with Crippen molar-refractivity contribution in [3.8, 4) is 0 Å². The van der Waals surface area contributed by atoms with Crippen LogP contribution in [0.25, 0.3) is 10.4 Å². The van der Waals surface area contributed by atoms with Crippen LogP contribution >= 0.6 is 15.9 Å². The molecule has 0 amide bonds. The molecule has 0 fully saturated rings. The van der Waals surface area contributed by atoms with Crippen LogP contribution in [0.15, 0.2) is 28.0 Å². The van der Waals surface area contributed by atoms with Gasteiger partial charge in [0, 0.05) is 27.3 Å². The number of rotatable bonds is 4. The summed E-state index contributed by atoms with van der Waals surface area (Å²) in [6.45, 7) is -0.176. The van der Waals surface area contributed by atoms with Gasteiger partial charge in [0.2, 0.25) is 0 Å². The first-order valence-electron chi connectivity index (χ1n) is 4.12. The molecule has 0 spiro atoms. The predicted octanol–water partition coefficient (Wildman–Crippen LogP) is 1.55. The molecule has 0 saturated carbocycles. The van der Waals surface area contributed by atoms with Gasteiger partial charge in [-0.15, -0.1) is 0 Å². The zero-order valence-corrected chi connectivity index (χ0v) is 9.24. The Morgan fingerprint density at radius 3 is 2.87 bits per heavy atom. The number of hydrogen-bond acceptors (Lipinski definition) is 4. The lowest BCUT2D eigenvalue weighted by molar-refractivity contribution is 0.0242. The summed E-state index contributed by atoms with van der Waals surface area (Å²) in [7, 11) is 0. The number of azide groups is 1. The molecule has 7 heteroatoms. The molecule has 80 valence electrons. The summed E-state index contributed by atoms with van der Waals surface area (Å²) in [6.07, 6.45) is 0.766. The van der Waals surface area contributed by atoms with Crippen LogP contribution in [0.5, 0.6) is 0 Å². The fourth-order valence-corrected chi connectivity index (χ4v) is 1.41. The van der Waals surface area contributed by atoms with E-state index in [4.69, 9.17) is 5.53 Å². The monoisotopic (exact) mass is 272 g/mol. The number of aliphatic hydroxyl groups is 2. The third-order valence-electron chi connectivity index (χ3n) is 1.76. The maximum Gasteiger partial charge on any atom is 0.106 e. The first-order valence-corrected chi connectivity index (χ1v) is 4.92. The van der Waals surface area contributed by atoms with Gasteiger partial charge in [0.05, 0.1) is 12.6 Å². The molecule has 15 heavy (non-hydrogen) atoms. The van der Waals surface area contributed by atoms with Crippen molar-refractivity contribution in [1.29, 1.82) is 0 Å². The van der Waals surface area contributed by atoms with Gasteiger partial charge in [-0.05, 0) is 27.5 Å². The summed E-state index contributed by atoms with van der Waals surface area (Å²) in [5.74, 6) is 0. The Bertz CT molecular complexity index is 381. The zero-order chi connectivity index (χ0) is 11.3. The van der Waals surface area contributed by atoms with Crippen molar-refractivity contribution in [2.45, 2.75) is 12.2 Å². The van der Waals surface area contributed by atoms with Crippen LogP contribution in [0.4, 0.5) is 0 Å². The fourth-order valence-electron chi connectivity index (χ4n) is 1.03. The van der Waals surface area contributed by atoms with Crippen LogP contribution in [-0.4, -0.2) is 27.8 Å². The summed E-state index contributed by atoms with van der Waals surface area (Å²) < 4.78 is 0.704. The first-order chi connectivity index (χ1) is 7.15. The molecule has 0 aliphatic carbocycles. The Balaban J connectivity index is 2.75. The number of aliphatic hydroxyl groups excluding tert-OH is 2. The second-order valence-corrected chi connectivity index (χ2v) is 3.78. The van der Waals surface area contributed by atoms with Crippen molar-refractivity contribution in [3.63, 3.8) is 0 Å². The molecule has 1 aromatic rings.